The van der Waals surface area contributed by atoms with Crippen LogP contribution in [-0.4, -0.2) is 9.97 Å². The molecule has 4 nitrogen and oxygen atoms in total. The summed E-state index contributed by atoms with van der Waals surface area (Å²) in [6, 6.07) is 53.5. The first-order valence-corrected chi connectivity index (χ1v) is 17.6. The third-order valence-electron chi connectivity index (χ3n) is 10.7. The van der Waals surface area contributed by atoms with Crippen molar-refractivity contribution in [2.24, 2.45) is 0 Å². The molecule has 1 atom stereocenters. The summed E-state index contributed by atoms with van der Waals surface area (Å²) in [5.41, 5.74) is 12.5. The van der Waals surface area contributed by atoms with Gasteiger partial charge in [0, 0.05) is 38.6 Å². The summed E-state index contributed by atoms with van der Waals surface area (Å²) in [6.45, 7) is 0. The van der Waals surface area contributed by atoms with Gasteiger partial charge in [0.25, 0.3) is 0 Å². The van der Waals surface area contributed by atoms with Gasteiger partial charge < -0.3 is 8.83 Å². The Balaban J connectivity index is 1.09. The number of aryl methyl sites for hydroxylation is 1. The Bertz CT molecular complexity index is 2990. The van der Waals surface area contributed by atoms with Crippen molar-refractivity contribution in [1.82, 2.24) is 9.97 Å². The summed E-state index contributed by atoms with van der Waals surface area (Å²) >= 11 is 0. The van der Waals surface area contributed by atoms with Gasteiger partial charge in [-0.1, -0.05) is 109 Å². The molecule has 51 heavy (non-hydrogen) atoms. The van der Waals surface area contributed by atoms with E-state index >= 15 is 0 Å². The Kier molecular flexibility index (Phi) is 6.11. The first kappa shape index (κ1) is 28.3. The molecule has 0 spiro atoms. The summed E-state index contributed by atoms with van der Waals surface area (Å²) in [5, 5.41) is 6.86. The number of benzene rings is 7. The molecule has 1 aliphatic carbocycles. The molecule has 0 radical (unpaired) electrons. The summed E-state index contributed by atoms with van der Waals surface area (Å²) in [5.74, 6) is 0.865. The predicted octanol–water partition coefficient (Wildman–Crippen LogP) is 12.5. The molecule has 7 aromatic carbocycles. The Morgan fingerprint density at radius 3 is 1.98 bits per heavy atom. The maximum atomic E-state index is 6.55. The highest BCUT2D eigenvalue weighted by molar-refractivity contribution is 6.25. The van der Waals surface area contributed by atoms with E-state index in [4.69, 9.17) is 18.8 Å². The number of nitrogens with zero attached hydrogens (tertiary/aromatic N) is 2. The highest BCUT2D eigenvalue weighted by Gasteiger charge is 2.27. The van der Waals surface area contributed by atoms with E-state index in [-0.39, 0.29) is 5.92 Å². The molecule has 0 fully saturated rings. The minimum atomic E-state index is 0.0247. The number of furan rings is 2. The first-order chi connectivity index (χ1) is 25.2. The van der Waals surface area contributed by atoms with Gasteiger partial charge >= 0.3 is 0 Å². The summed E-state index contributed by atoms with van der Waals surface area (Å²) in [7, 11) is 0. The molecule has 10 aromatic rings. The largest absolute Gasteiger partial charge is 0.456 e. The molecule has 1 aliphatic rings. The minimum Gasteiger partial charge on any atom is -0.456 e. The summed E-state index contributed by atoms with van der Waals surface area (Å²) < 4.78 is 12.8. The normalized spacial score (nSPS) is 14.3. The van der Waals surface area contributed by atoms with E-state index in [2.05, 4.69) is 121 Å². The number of hydrogen-bond acceptors (Lipinski definition) is 4. The van der Waals surface area contributed by atoms with E-state index in [0.717, 1.165) is 85.1 Å². The van der Waals surface area contributed by atoms with Crippen LogP contribution >= 0.6 is 0 Å². The van der Waals surface area contributed by atoms with Crippen LogP contribution in [0.25, 0.3) is 88.3 Å². The van der Waals surface area contributed by atoms with Gasteiger partial charge in [0.15, 0.2) is 0 Å². The Morgan fingerprint density at radius 1 is 0.471 bits per heavy atom. The summed E-state index contributed by atoms with van der Waals surface area (Å²) in [6.07, 6.45) is 1.85. The lowest BCUT2D eigenvalue weighted by Gasteiger charge is -2.19. The molecular formula is C47H30N2O2. The fourth-order valence-corrected chi connectivity index (χ4v) is 8.28. The van der Waals surface area contributed by atoms with Crippen molar-refractivity contribution in [3.63, 3.8) is 0 Å². The second-order valence-corrected chi connectivity index (χ2v) is 13.6. The van der Waals surface area contributed by atoms with E-state index < -0.39 is 0 Å². The fourth-order valence-electron chi connectivity index (χ4n) is 8.28. The van der Waals surface area contributed by atoms with E-state index in [0.29, 0.717) is 0 Å². The van der Waals surface area contributed by atoms with Crippen molar-refractivity contribution in [2.75, 3.05) is 0 Å². The van der Waals surface area contributed by atoms with Crippen LogP contribution in [0.5, 0.6) is 0 Å². The molecule has 3 heterocycles. The summed E-state index contributed by atoms with van der Waals surface area (Å²) in [4.78, 5) is 10.7. The smallest absolute Gasteiger partial charge is 0.137 e. The zero-order valence-corrected chi connectivity index (χ0v) is 27.6. The third-order valence-corrected chi connectivity index (χ3v) is 10.7. The average Bonchev–Trinajstić information content (AvgIpc) is 3.71. The molecule has 0 amide bonds. The van der Waals surface area contributed by atoms with Gasteiger partial charge in [-0.2, -0.15) is 0 Å². The van der Waals surface area contributed by atoms with E-state index in [1.807, 2.05) is 30.3 Å². The number of para-hydroxylation sites is 1. The Morgan fingerprint density at radius 2 is 1.14 bits per heavy atom. The molecular weight excluding hydrogens is 625 g/mol. The van der Waals surface area contributed by atoms with Crippen LogP contribution in [-0.2, 0) is 6.42 Å². The first-order valence-electron chi connectivity index (χ1n) is 17.6. The highest BCUT2D eigenvalue weighted by Crippen LogP contribution is 2.44. The average molecular weight is 655 g/mol. The van der Waals surface area contributed by atoms with Crippen LogP contribution in [0.4, 0.5) is 0 Å². The third kappa shape index (κ3) is 4.46. The number of rotatable bonds is 3. The zero-order valence-electron chi connectivity index (χ0n) is 27.6. The monoisotopic (exact) mass is 654 g/mol. The van der Waals surface area contributed by atoms with Crippen LogP contribution in [0.15, 0.2) is 160 Å². The molecule has 0 N–H and O–H groups in total. The van der Waals surface area contributed by atoms with Gasteiger partial charge in [-0.3, -0.25) is 0 Å². The SMILES string of the molecule is c1ccc(-c2cc(-c3ccc4c(c3)oc3ccc5oc6ccccc6c5c34)nc(C3CCc4cc5ccccc5cc4-c4ccccc43)n2)cc1. The molecule has 11 rings (SSSR count). The van der Waals surface area contributed by atoms with Gasteiger partial charge in [0.05, 0.1) is 11.4 Å². The highest BCUT2D eigenvalue weighted by atomic mass is 16.3. The fraction of sp³-hybridized carbons (Fsp3) is 0.0638. The zero-order chi connectivity index (χ0) is 33.5. The van der Waals surface area contributed by atoms with Gasteiger partial charge in [0.1, 0.15) is 28.2 Å². The maximum absolute atomic E-state index is 6.55. The van der Waals surface area contributed by atoms with E-state index in [1.165, 1.54) is 33.0 Å². The molecule has 4 heteroatoms. The predicted molar refractivity (Wildman–Crippen MR) is 207 cm³/mol. The van der Waals surface area contributed by atoms with Gasteiger partial charge in [0.2, 0.25) is 0 Å². The molecule has 0 saturated carbocycles. The van der Waals surface area contributed by atoms with Crippen molar-refractivity contribution in [1.29, 1.82) is 0 Å². The van der Waals surface area contributed by atoms with Crippen LogP contribution in [0.3, 0.4) is 0 Å². The number of fused-ring (bicyclic) bond motifs is 11. The Hall–Kier alpha value is -6.52. The standard InChI is InChI=1S/C47H30N2O2/c1-2-10-28(11-3-1)39-27-40(32-19-21-37-44(26-32)51-43-23-22-42-45(46(37)43)36-16-8-9-17-41(36)50-42)49-47(48-39)35-20-18-31-24-29-12-4-5-13-30(29)25-38(31)34-15-7-6-14-33(34)35/h1-17,19,21-27,35H,18,20H2. The van der Waals surface area contributed by atoms with Gasteiger partial charge in [-0.25, -0.2) is 9.97 Å². The molecule has 3 aromatic heterocycles. The van der Waals surface area contributed by atoms with Crippen molar-refractivity contribution in [3.05, 3.63) is 169 Å². The van der Waals surface area contributed by atoms with Crippen LogP contribution in [0.1, 0.15) is 29.3 Å². The quantitative estimate of drug-likeness (QED) is 0.190. The molecule has 0 aliphatic heterocycles. The minimum absolute atomic E-state index is 0.0247. The maximum Gasteiger partial charge on any atom is 0.137 e. The Labute approximate surface area is 293 Å². The van der Waals surface area contributed by atoms with Crippen molar-refractivity contribution < 1.29 is 8.83 Å². The second-order valence-electron chi connectivity index (χ2n) is 13.6. The van der Waals surface area contributed by atoms with Crippen molar-refractivity contribution >= 4 is 54.6 Å². The number of aromatic nitrogens is 2. The van der Waals surface area contributed by atoms with Crippen molar-refractivity contribution in [3.8, 4) is 33.6 Å². The van der Waals surface area contributed by atoms with Crippen LogP contribution in [0.2, 0.25) is 0 Å². The molecule has 240 valence electrons. The van der Waals surface area contributed by atoms with Crippen molar-refractivity contribution in [2.45, 2.75) is 18.8 Å². The molecule has 0 bridgehead atoms. The number of hydrogen-bond donors (Lipinski definition) is 0. The van der Waals surface area contributed by atoms with Gasteiger partial charge in [-0.05, 0) is 88.3 Å². The molecule has 1 unspecified atom stereocenters. The molecule has 0 saturated heterocycles. The lowest BCUT2D eigenvalue weighted by atomic mass is 9.89. The van der Waals surface area contributed by atoms with E-state index in [1.54, 1.807) is 0 Å². The second kappa shape index (κ2) is 11.0. The van der Waals surface area contributed by atoms with Crippen LogP contribution in [0, 0.1) is 0 Å². The lowest BCUT2D eigenvalue weighted by Crippen LogP contribution is -2.09. The lowest BCUT2D eigenvalue weighted by molar-refractivity contribution is 0.663. The topological polar surface area (TPSA) is 52.1 Å². The van der Waals surface area contributed by atoms with Gasteiger partial charge in [-0.15, -0.1) is 0 Å². The van der Waals surface area contributed by atoms with E-state index in [9.17, 15) is 0 Å². The van der Waals surface area contributed by atoms with Crippen LogP contribution < -0.4 is 0 Å².